The van der Waals surface area contributed by atoms with Crippen LogP contribution in [0.5, 0.6) is 11.5 Å². The summed E-state index contributed by atoms with van der Waals surface area (Å²) >= 11 is 0. The summed E-state index contributed by atoms with van der Waals surface area (Å²) in [6, 6.07) is 12.1. The van der Waals surface area contributed by atoms with E-state index in [0.717, 1.165) is 5.56 Å². The number of amides is 1. The lowest BCUT2D eigenvalue weighted by Gasteiger charge is -2.13. The maximum Gasteiger partial charge on any atom is 0.326 e. The van der Waals surface area contributed by atoms with E-state index in [2.05, 4.69) is 5.32 Å². The number of phenolic OH excluding ortho intramolecular Hbond substituents is 2. The van der Waals surface area contributed by atoms with Gasteiger partial charge in [-0.3, -0.25) is 4.79 Å². The van der Waals surface area contributed by atoms with Gasteiger partial charge >= 0.3 is 5.97 Å². The van der Waals surface area contributed by atoms with E-state index in [1.54, 1.807) is 24.3 Å². The average molecular weight is 327 g/mol. The molecule has 0 heterocycles. The molecule has 0 spiro atoms. The van der Waals surface area contributed by atoms with Crippen LogP contribution in [-0.2, 0) is 16.0 Å². The summed E-state index contributed by atoms with van der Waals surface area (Å²) in [4.78, 5) is 23.2. The molecule has 0 unspecified atom stereocenters. The van der Waals surface area contributed by atoms with Crippen LogP contribution in [0.1, 0.15) is 11.1 Å². The first kappa shape index (κ1) is 17.1. The van der Waals surface area contributed by atoms with E-state index >= 15 is 0 Å². The number of carbonyl (C=O) groups excluding carboxylic acids is 1. The first-order valence-electron chi connectivity index (χ1n) is 7.23. The number of benzene rings is 2. The highest BCUT2D eigenvalue weighted by Gasteiger charge is 2.19. The molecule has 0 fully saturated rings. The molecule has 1 amide bonds. The van der Waals surface area contributed by atoms with Gasteiger partial charge in [-0.2, -0.15) is 0 Å². The molecule has 0 radical (unpaired) electrons. The number of hydrogen-bond acceptors (Lipinski definition) is 4. The van der Waals surface area contributed by atoms with E-state index in [-0.39, 0.29) is 17.9 Å². The summed E-state index contributed by atoms with van der Waals surface area (Å²) in [5.41, 5.74) is 1.30. The summed E-state index contributed by atoms with van der Waals surface area (Å²) in [5.74, 6) is -2.25. The Kier molecular flexibility index (Phi) is 5.57. The zero-order valence-electron chi connectivity index (χ0n) is 12.7. The molecule has 0 aliphatic carbocycles. The number of aromatic hydroxyl groups is 2. The van der Waals surface area contributed by atoms with Crippen molar-refractivity contribution in [2.75, 3.05) is 0 Å². The summed E-state index contributed by atoms with van der Waals surface area (Å²) in [5, 5.41) is 30.3. The van der Waals surface area contributed by atoms with Crippen LogP contribution in [0.25, 0.3) is 6.08 Å². The Morgan fingerprint density at radius 3 is 2.38 bits per heavy atom. The van der Waals surface area contributed by atoms with Gasteiger partial charge in [0.25, 0.3) is 0 Å². The van der Waals surface area contributed by atoms with Crippen LogP contribution in [-0.4, -0.2) is 33.2 Å². The molecular weight excluding hydrogens is 310 g/mol. The summed E-state index contributed by atoms with van der Waals surface area (Å²) in [6.07, 6.45) is 2.76. The van der Waals surface area contributed by atoms with Crippen molar-refractivity contribution in [1.82, 2.24) is 5.32 Å². The van der Waals surface area contributed by atoms with Crippen molar-refractivity contribution in [3.05, 3.63) is 65.7 Å². The Morgan fingerprint density at radius 2 is 1.75 bits per heavy atom. The van der Waals surface area contributed by atoms with Crippen LogP contribution in [0, 0.1) is 0 Å². The monoisotopic (exact) mass is 327 g/mol. The third-order valence-electron chi connectivity index (χ3n) is 3.32. The van der Waals surface area contributed by atoms with Gasteiger partial charge in [0.15, 0.2) is 11.5 Å². The van der Waals surface area contributed by atoms with E-state index in [0.29, 0.717) is 5.56 Å². The van der Waals surface area contributed by atoms with Gasteiger partial charge in [0, 0.05) is 12.5 Å². The topological polar surface area (TPSA) is 107 Å². The van der Waals surface area contributed by atoms with Crippen LogP contribution in [0.2, 0.25) is 0 Å². The minimum absolute atomic E-state index is 0.176. The zero-order valence-corrected chi connectivity index (χ0v) is 12.7. The van der Waals surface area contributed by atoms with Gasteiger partial charge in [0.1, 0.15) is 6.04 Å². The lowest BCUT2D eigenvalue weighted by Crippen LogP contribution is -2.41. The van der Waals surface area contributed by atoms with E-state index < -0.39 is 17.9 Å². The molecule has 6 heteroatoms. The number of rotatable bonds is 6. The van der Waals surface area contributed by atoms with Crippen LogP contribution < -0.4 is 5.32 Å². The average Bonchev–Trinajstić information content (AvgIpc) is 2.56. The van der Waals surface area contributed by atoms with Gasteiger partial charge < -0.3 is 20.6 Å². The Bertz CT molecular complexity index is 755. The molecule has 124 valence electrons. The lowest BCUT2D eigenvalue weighted by molar-refractivity contribution is -0.141. The predicted molar refractivity (Wildman–Crippen MR) is 88.5 cm³/mol. The number of phenols is 2. The highest BCUT2D eigenvalue weighted by Crippen LogP contribution is 2.25. The number of carboxylic acid groups (broad SMARTS) is 1. The number of carbonyl (C=O) groups is 2. The third-order valence-corrected chi connectivity index (χ3v) is 3.32. The molecule has 2 aromatic rings. The first-order valence-corrected chi connectivity index (χ1v) is 7.23. The van der Waals surface area contributed by atoms with Crippen molar-refractivity contribution in [3.63, 3.8) is 0 Å². The molecule has 0 saturated carbocycles. The van der Waals surface area contributed by atoms with Crippen molar-refractivity contribution in [1.29, 1.82) is 0 Å². The van der Waals surface area contributed by atoms with Crippen LogP contribution in [0.4, 0.5) is 0 Å². The van der Waals surface area contributed by atoms with E-state index in [9.17, 15) is 24.9 Å². The molecule has 2 aromatic carbocycles. The molecule has 24 heavy (non-hydrogen) atoms. The molecule has 0 aliphatic rings. The molecule has 0 aliphatic heterocycles. The van der Waals surface area contributed by atoms with E-state index in [4.69, 9.17) is 0 Å². The fourth-order valence-corrected chi connectivity index (χ4v) is 2.09. The Morgan fingerprint density at radius 1 is 1.04 bits per heavy atom. The van der Waals surface area contributed by atoms with Gasteiger partial charge in [-0.05, 0) is 29.3 Å². The molecule has 0 saturated heterocycles. The third kappa shape index (κ3) is 4.88. The second-order valence-electron chi connectivity index (χ2n) is 5.17. The van der Waals surface area contributed by atoms with Gasteiger partial charge in [-0.15, -0.1) is 0 Å². The van der Waals surface area contributed by atoms with Crippen LogP contribution in [0.15, 0.2) is 54.6 Å². The van der Waals surface area contributed by atoms with Gasteiger partial charge in [-0.25, -0.2) is 4.79 Å². The SMILES string of the molecule is O=C(C=Cc1ccc(O)c(O)c1)N[C@@H](Cc1ccccc1)C(=O)O. The van der Waals surface area contributed by atoms with Crippen LogP contribution in [0.3, 0.4) is 0 Å². The predicted octanol–water partition coefficient (Wildman–Crippen LogP) is 1.92. The highest BCUT2D eigenvalue weighted by atomic mass is 16.4. The molecular formula is C18H17NO5. The second kappa shape index (κ2) is 7.82. The first-order chi connectivity index (χ1) is 11.5. The quantitative estimate of drug-likeness (QED) is 0.479. The van der Waals surface area contributed by atoms with Crippen LogP contribution >= 0.6 is 0 Å². The van der Waals surface area contributed by atoms with Crippen molar-refractivity contribution in [3.8, 4) is 11.5 Å². The molecule has 1 atom stereocenters. The number of carboxylic acids is 1. The Balaban J connectivity index is 2.01. The largest absolute Gasteiger partial charge is 0.504 e. The molecule has 0 aromatic heterocycles. The van der Waals surface area contributed by atoms with Crippen molar-refractivity contribution in [2.24, 2.45) is 0 Å². The zero-order chi connectivity index (χ0) is 17.5. The van der Waals surface area contributed by atoms with Crippen molar-refractivity contribution in [2.45, 2.75) is 12.5 Å². The number of nitrogens with one attached hydrogen (secondary N) is 1. The minimum atomic E-state index is -1.12. The smallest absolute Gasteiger partial charge is 0.326 e. The minimum Gasteiger partial charge on any atom is -0.504 e. The second-order valence-corrected chi connectivity index (χ2v) is 5.17. The van der Waals surface area contributed by atoms with E-state index in [1.165, 1.54) is 30.4 Å². The molecule has 0 bridgehead atoms. The number of hydrogen-bond donors (Lipinski definition) is 4. The van der Waals surface area contributed by atoms with Gasteiger partial charge in [0.2, 0.25) is 5.91 Å². The maximum atomic E-state index is 11.9. The maximum absolute atomic E-state index is 11.9. The lowest BCUT2D eigenvalue weighted by atomic mass is 10.1. The molecule has 6 nitrogen and oxygen atoms in total. The van der Waals surface area contributed by atoms with Gasteiger partial charge in [-0.1, -0.05) is 36.4 Å². The fraction of sp³-hybridized carbons (Fsp3) is 0.111. The van der Waals surface area contributed by atoms with E-state index in [1.807, 2.05) is 6.07 Å². The standard InChI is InChI=1S/C18H17NO5/c20-15-8-6-13(11-16(15)21)7-9-17(22)19-14(18(23)24)10-12-4-2-1-3-5-12/h1-9,11,14,20-21H,10H2,(H,19,22)(H,23,24)/t14-/m0/s1. The number of aliphatic carboxylic acids is 1. The van der Waals surface area contributed by atoms with Gasteiger partial charge in [0.05, 0.1) is 0 Å². The highest BCUT2D eigenvalue weighted by molar-refractivity contribution is 5.94. The Hall–Kier alpha value is -3.28. The Labute approximate surface area is 138 Å². The fourth-order valence-electron chi connectivity index (χ4n) is 2.09. The van der Waals surface area contributed by atoms with Crippen molar-refractivity contribution < 1.29 is 24.9 Å². The molecule has 4 N–H and O–H groups in total. The summed E-state index contributed by atoms with van der Waals surface area (Å²) < 4.78 is 0. The summed E-state index contributed by atoms with van der Waals surface area (Å²) in [6.45, 7) is 0. The normalized spacial score (nSPS) is 12.0. The summed E-state index contributed by atoms with van der Waals surface area (Å²) in [7, 11) is 0. The molecule has 2 rings (SSSR count). The van der Waals surface area contributed by atoms with Crippen molar-refractivity contribution >= 4 is 18.0 Å².